The Labute approximate surface area is 150 Å². The highest BCUT2D eigenvalue weighted by molar-refractivity contribution is 5.46. The van der Waals surface area contributed by atoms with Gasteiger partial charge in [-0.3, -0.25) is 19.7 Å². The van der Waals surface area contributed by atoms with Crippen LogP contribution in [-0.2, 0) is 17.9 Å². The van der Waals surface area contributed by atoms with Crippen LogP contribution in [0.2, 0.25) is 0 Å². The molecule has 5 heteroatoms. The molecule has 2 aromatic heterocycles. The lowest BCUT2D eigenvalue weighted by Gasteiger charge is -2.24. The Morgan fingerprint density at radius 3 is 1.96 bits per heavy atom. The molecule has 25 heavy (non-hydrogen) atoms. The van der Waals surface area contributed by atoms with Crippen LogP contribution in [0, 0.1) is 13.8 Å². The fourth-order valence-electron chi connectivity index (χ4n) is 2.79. The Bertz CT molecular complexity index is 627. The molecule has 0 N–H and O–H groups in total. The number of amides is 1. The van der Waals surface area contributed by atoms with Gasteiger partial charge in [-0.05, 0) is 50.5 Å². The molecule has 0 saturated carbocycles. The number of nitrogens with zero attached hydrogens (tertiary/aromatic N) is 4. The SMILES string of the molecule is CCN(C=O)CCCN(Cc1ncccc1C)Cc1ncccc1C. The van der Waals surface area contributed by atoms with E-state index in [1.165, 1.54) is 11.1 Å². The fraction of sp³-hybridized carbons (Fsp3) is 0.450. The molecule has 134 valence electrons. The molecule has 1 amide bonds. The molecular weight excluding hydrogens is 312 g/mol. The summed E-state index contributed by atoms with van der Waals surface area (Å²) in [5.74, 6) is 0. The molecule has 0 aliphatic rings. The van der Waals surface area contributed by atoms with E-state index in [9.17, 15) is 4.79 Å². The lowest BCUT2D eigenvalue weighted by molar-refractivity contribution is -0.118. The second-order valence-electron chi connectivity index (χ2n) is 6.33. The predicted molar refractivity (Wildman–Crippen MR) is 100.0 cm³/mol. The molecule has 0 aliphatic heterocycles. The Kier molecular flexibility index (Phi) is 7.54. The van der Waals surface area contributed by atoms with Gasteiger partial charge >= 0.3 is 0 Å². The van der Waals surface area contributed by atoms with E-state index in [1.807, 2.05) is 31.5 Å². The first-order valence-corrected chi connectivity index (χ1v) is 8.86. The van der Waals surface area contributed by atoms with Crippen molar-refractivity contribution in [3.05, 3.63) is 59.2 Å². The molecule has 0 atom stereocenters. The molecule has 0 unspecified atom stereocenters. The van der Waals surface area contributed by atoms with Gasteiger partial charge in [0, 0.05) is 45.1 Å². The standard InChI is InChI=1S/C20H28N4O/c1-4-23(16-25)12-7-13-24(14-19-17(2)8-5-10-21-19)15-20-18(3)9-6-11-22-20/h5-6,8-11,16H,4,7,12-15H2,1-3H3. The second kappa shape index (κ2) is 9.89. The summed E-state index contributed by atoms with van der Waals surface area (Å²) in [6, 6.07) is 8.13. The van der Waals surface area contributed by atoms with E-state index >= 15 is 0 Å². The molecule has 2 aromatic rings. The third-order valence-electron chi connectivity index (χ3n) is 4.46. The van der Waals surface area contributed by atoms with Gasteiger partial charge in [0.2, 0.25) is 6.41 Å². The first-order valence-electron chi connectivity index (χ1n) is 8.86. The van der Waals surface area contributed by atoms with Crippen LogP contribution in [0.3, 0.4) is 0 Å². The molecule has 0 bridgehead atoms. The van der Waals surface area contributed by atoms with Crippen molar-refractivity contribution >= 4 is 6.41 Å². The van der Waals surface area contributed by atoms with Crippen LogP contribution in [0.25, 0.3) is 0 Å². The van der Waals surface area contributed by atoms with E-state index in [2.05, 4.69) is 40.8 Å². The van der Waals surface area contributed by atoms with Crippen LogP contribution in [0.15, 0.2) is 36.7 Å². The van der Waals surface area contributed by atoms with Crippen molar-refractivity contribution in [2.45, 2.75) is 40.3 Å². The Balaban J connectivity index is 2.06. The number of hydrogen-bond donors (Lipinski definition) is 0. The Morgan fingerprint density at radius 2 is 1.52 bits per heavy atom. The van der Waals surface area contributed by atoms with Crippen molar-refractivity contribution in [2.24, 2.45) is 0 Å². The number of carbonyl (C=O) groups excluding carboxylic acids is 1. The highest BCUT2D eigenvalue weighted by Crippen LogP contribution is 2.13. The van der Waals surface area contributed by atoms with E-state index in [4.69, 9.17) is 0 Å². The minimum Gasteiger partial charge on any atom is -0.345 e. The molecule has 0 spiro atoms. The highest BCUT2D eigenvalue weighted by atomic mass is 16.1. The maximum absolute atomic E-state index is 11.0. The summed E-state index contributed by atoms with van der Waals surface area (Å²) in [7, 11) is 0. The number of carbonyl (C=O) groups is 1. The summed E-state index contributed by atoms with van der Waals surface area (Å²) in [5, 5.41) is 0. The number of pyridine rings is 2. The van der Waals surface area contributed by atoms with Gasteiger partial charge in [0.15, 0.2) is 0 Å². The first-order chi connectivity index (χ1) is 12.1. The van der Waals surface area contributed by atoms with Crippen molar-refractivity contribution in [3.8, 4) is 0 Å². The number of aryl methyl sites for hydroxylation is 2. The molecule has 0 aromatic carbocycles. The Morgan fingerprint density at radius 1 is 0.960 bits per heavy atom. The van der Waals surface area contributed by atoms with E-state index < -0.39 is 0 Å². The zero-order valence-electron chi connectivity index (χ0n) is 15.5. The van der Waals surface area contributed by atoms with Crippen molar-refractivity contribution in [1.29, 1.82) is 0 Å². The molecule has 0 saturated heterocycles. The normalized spacial score (nSPS) is 10.9. The van der Waals surface area contributed by atoms with Crippen LogP contribution in [0.4, 0.5) is 0 Å². The average molecular weight is 340 g/mol. The number of rotatable bonds is 10. The summed E-state index contributed by atoms with van der Waals surface area (Å²) in [6.45, 7) is 10.2. The minimum atomic E-state index is 0.752. The zero-order valence-corrected chi connectivity index (χ0v) is 15.5. The van der Waals surface area contributed by atoms with Gasteiger partial charge in [0.1, 0.15) is 0 Å². The van der Waals surface area contributed by atoms with E-state index in [0.717, 1.165) is 56.9 Å². The quantitative estimate of drug-likeness (QED) is 0.624. The summed E-state index contributed by atoms with van der Waals surface area (Å²) in [6.07, 6.45) is 5.55. The van der Waals surface area contributed by atoms with Gasteiger partial charge in [-0.2, -0.15) is 0 Å². The lowest BCUT2D eigenvalue weighted by atomic mass is 10.1. The van der Waals surface area contributed by atoms with Gasteiger partial charge in [-0.15, -0.1) is 0 Å². The van der Waals surface area contributed by atoms with Gasteiger partial charge in [0.25, 0.3) is 0 Å². The highest BCUT2D eigenvalue weighted by Gasteiger charge is 2.12. The maximum Gasteiger partial charge on any atom is 0.209 e. The molecule has 0 aliphatic carbocycles. The third-order valence-corrected chi connectivity index (χ3v) is 4.46. The van der Waals surface area contributed by atoms with Crippen molar-refractivity contribution in [1.82, 2.24) is 19.8 Å². The van der Waals surface area contributed by atoms with Crippen molar-refractivity contribution in [2.75, 3.05) is 19.6 Å². The molecule has 2 heterocycles. The monoisotopic (exact) mass is 340 g/mol. The maximum atomic E-state index is 11.0. The number of hydrogen-bond acceptors (Lipinski definition) is 4. The summed E-state index contributed by atoms with van der Waals surface area (Å²) >= 11 is 0. The van der Waals surface area contributed by atoms with Gasteiger partial charge < -0.3 is 4.90 Å². The fourth-order valence-corrected chi connectivity index (χ4v) is 2.79. The molecule has 5 nitrogen and oxygen atoms in total. The second-order valence-corrected chi connectivity index (χ2v) is 6.33. The average Bonchev–Trinajstić information content (AvgIpc) is 2.62. The number of aromatic nitrogens is 2. The minimum absolute atomic E-state index is 0.752. The van der Waals surface area contributed by atoms with Crippen LogP contribution in [0.5, 0.6) is 0 Å². The summed E-state index contributed by atoms with van der Waals surface area (Å²) in [4.78, 5) is 24.2. The van der Waals surface area contributed by atoms with Crippen LogP contribution >= 0.6 is 0 Å². The topological polar surface area (TPSA) is 49.3 Å². The molecule has 0 fully saturated rings. The first kappa shape index (κ1) is 19.1. The largest absolute Gasteiger partial charge is 0.345 e. The molecular formula is C20H28N4O. The third kappa shape index (κ3) is 5.94. The van der Waals surface area contributed by atoms with Crippen LogP contribution in [-0.4, -0.2) is 45.8 Å². The molecule has 0 radical (unpaired) electrons. The van der Waals surface area contributed by atoms with Gasteiger partial charge in [0.05, 0.1) is 11.4 Å². The van der Waals surface area contributed by atoms with Crippen molar-refractivity contribution in [3.63, 3.8) is 0 Å². The smallest absolute Gasteiger partial charge is 0.209 e. The summed E-state index contributed by atoms with van der Waals surface area (Å²) in [5.41, 5.74) is 4.60. The van der Waals surface area contributed by atoms with E-state index in [-0.39, 0.29) is 0 Å². The van der Waals surface area contributed by atoms with Crippen LogP contribution < -0.4 is 0 Å². The van der Waals surface area contributed by atoms with E-state index in [0.29, 0.717) is 0 Å². The molecule has 2 rings (SSSR count). The van der Waals surface area contributed by atoms with Gasteiger partial charge in [-0.25, -0.2) is 0 Å². The lowest BCUT2D eigenvalue weighted by Crippen LogP contribution is -2.30. The van der Waals surface area contributed by atoms with Gasteiger partial charge in [-0.1, -0.05) is 12.1 Å². The van der Waals surface area contributed by atoms with E-state index in [1.54, 1.807) is 4.90 Å². The Hall–Kier alpha value is -2.27. The predicted octanol–water partition coefficient (Wildman–Crippen LogP) is 2.96. The summed E-state index contributed by atoms with van der Waals surface area (Å²) < 4.78 is 0. The zero-order chi connectivity index (χ0) is 18.1. The van der Waals surface area contributed by atoms with Crippen LogP contribution in [0.1, 0.15) is 35.9 Å². The van der Waals surface area contributed by atoms with Crippen molar-refractivity contribution < 1.29 is 4.79 Å².